The summed E-state index contributed by atoms with van der Waals surface area (Å²) in [6.07, 6.45) is 3.26. The maximum Gasteiger partial charge on any atom is 0.233 e. The van der Waals surface area contributed by atoms with E-state index in [0.29, 0.717) is 17.6 Å². The molecule has 7 heteroatoms. The van der Waals surface area contributed by atoms with Gasteiger partial charge in [0.25, 0.3) is 0 Å². The molecule has 0 spiro atoms. The van der Waals surface area contributed by atoms with Crippen LogP contribution in [0, 0.1) is 5.92 Å². The number of hydrogen-bond donors (Lipinski definition) is 1. The van der Waals surface area contributed by atoms with Crippen molar-refractivity contribution in [3.8, 4) is 0 Å². The average molecular weight is 467 g/mol. The maximum atomic E-state index is 12.7. The molecule has 1 amide bonds. The second-order valence-electron chi connectivity index (χ2n) is 8.58. The zero-order valence-corrected chi connectivity index (χ0v) is 20.3. The van der Waals surface area contributed by atoms with Crippen LogP contribution in [0.4, 0.5) is 10.8 Å². The monoisotopic (exact) mass is 466 g/mol. The second-order valence-corrected chi connectivity index (χ2v) is 10.8. The molecular formula is C25H30N4OS2. The van der Waals surface area contributed by atoms with Gasteiger partial charge in [-0.1, -0.05) is 79.4 Å². The summed E-state index contributed by atoms with van der Waals surface area (Å²) in [5, 5.41) is 12.5. The topological polar surface area (TPSA) is 58.1 Å². The van der Waals surface area contributed by atoms with Crippen molar-refractivity contribution in [3.05, 3.63) is 65.7 Å². The van der Waals surface area contributed by atoms with Crippen LogP contribution in [0.15, 0.2) is 58.9 Å². The molecule has 1 aromatic heterocycles. The fourth-order valence-electron chi connectivity index (χ4n) is 3.94. The van der Waals surface area contributed by atoms with E-state index in [1.54, 1.807) is 0 Å². The van der Waals surface area contributed by atoms with Crippen LogP contribution in [0.5, 0.6) is 0 Å². The summed E-state index contributed by atoms with van der Waals surface area (Å²) in [7, 11) is 0. The fourth-order valence-corrected chi connectivity index (χ4v) is 5.62. The number of rotatable bonds is 8. The molecule has 0 atom stereocenters. The van der Waals surface area contributed by atoms with E-state index < -0.39 is 0 Å². The smallest absolute Gasteiger partial charge is 0.233 e. The number of likely N-dealkylation sites (tertiary alicyclic amines) is 1. The van der Waals surface area contributed by atoms with Gasteiger partial charge in [0, 0.05) is 18.8 Å². The number of carbonyl (C=O) groups excluding carboxylic acids is 1. The van der Waals surface area contributed by atoms with Crippen molar-refractivity contribution in [1.82, 2.24) is 15.1 Å². The van der Waals surface area contributed by atoms with Gasteiger partial charge in [-0.2, -0.15) is 0 Å². The highest BCUT2D eigenvalue weighted by Gasteiger charge is 2.23. The Bertz CT molecular complexity index is 996. The van der Waals surface area contributed by atoms with E-state index in [1.165, 1.54) is 34.2 Å². The summed E-state index contributed by atoms with van der Waals surface area (Å²) in [5.74, 6) is 1.80. The Morgan fingerprint density at radius 2 is 1.81 bits per heavy atom. The minimum absolute atomic E-state index is 0.196. The Morgan fingerprint density at radius 3 is 2.50 bits per heavy atom. The Kier molecular flexibility index (Phi) is 7.81. The van der Waals surface area contributed by atoms with Crippen molar-refractivity contribution in [2.75, 3.05) is 24.2 Å². The Balaban J connectivity index is 1.20. The molecule has 1 aliphatic heterocycles. The maximum absolute atomic E-state index is 12.7. The minimum atomic E-state index is 0.196. The quantitative estimate of drug-likeness (QED) is 0.414. The van der Waals surface area contributed by atoms with Crippen molar-refractivity contribution < 1.29 is 4.79 Å². The summed E-state index contributed by atoms with van der Waals surface area (Å²) in [6, 6.07) is 19.0. The summed E-state index contributed by atoms with van der Waals surface area (Å²) in [6.45, 7) is 6.08. The van der Waals surface area contributed by atoms with Crippen LogP contribution in [-0.4, -0.2) is 39.8 Å². The van der Waals surface area contributed by atoms with Crippen molar-refractivity contribution in [2.45, 2.75) is 43.4 Å². The molecule has 4 rings (SSSR count). The van der Waals surface area contributed by atoms with Gasteiger partial charge in [0.15, 0.2) is 4.34 Å². The van der Waals surface area contributed by atoms with Gasteiger partial charge in [-0.05, 0) is 54.4 Å². The number of piperidine rings is 1. The summed E-state index contributed by atoms with van der Waals surface area (Å²) in [4.78, 5) is 14.7. The van der Waals surface area contributed by atoms with E-state index in [2.05, 4.69) is 84.0 Å². The molecule has 168 valence electrons. The van der Waals surface area contributed by atoms with Crippen molar-refractivity contribution in [2.24, 2.45) is 5.92 Å². The number of anilines is 2. The molecule has 1 saturated heterocycles. The zero-order valence-electron chi connectivity index (χ0n) is 18.7. The molecule has 1 fully saturated rings. The van der Waals surface area contributed by atoms with Crippen LogP contribution >= 0.6 is 23.1 Å². The lowest BCUT2D eigenvalue weighted by Crippen LogP contribution is -2.39. The Labute approximate surface area is 198 Å². The number of amides is 1. The van der Waals surface area contributed by atoms with Crippen LogP contribution in [0.25, 0.3) is 0 Å². The lowest BCUT2D eigenvalue weighted by Gasteiger charge is -2.32. The van der Waals surface area contributed by atoms with E-state index in [4.69, 9.17) is 0 Å². The molecule has 32 heavy (non-hydrogen) atoms. The third kappa shape index (κ3) is 6.33. The number of hydrogen-bond acceptors (Lipinski definition) is 6. The third-order valence-electron chi connectivity index (χ3n) is 5.89. The molecule has 1 N–H and O–H groups in total. The Hall–Kier alpha value is -2.38. The van der Waals surface area contributed by atoms with E-state index in [0.717, 1.165) is 47.5 Å². The number of thioether (sulfide) groups is 1. The number of nitrogens with zero attached hydrogens (tertiary/aromatic N) is 3. The van der Waals surface area contributed by atoms with Crippen LogP contribution in [0.1, 0.15) is 43.7 Å². The molecule has 5 nitrogen and oxygen atoms in total. The largest absolute Gasteiger partial charge is 0.342 e. The van der Waals surface area contributed by atoms with E-state index in [-0.39, 0.29) is 5.91 Å². The first-order valence-corrected chi connectivity index (χ1v) is 13.0. The molecule has 2 heterocycles. The van der Waals surface area contributed by atoms with Gasteiger partial charge in [0.2, 0.25) is 11.0 Å². The highest BCUT2D eigenvalue weighted by molar-refractivity contribution is 8.01. The lowest BCUT2D eigenvalue weighted by atomic mass is 9.90. The number of carbonyl (C=O) groups is 1. The molecule has 0 aliphatic carbocycles. The normalized spacial score (nSPS) is 14.7. The van der Waals surface area contributed by atoms with Crippen LogP contribution in [-0.2, 0) is 11.2 Å². The molecular weight excluding hydrogens is 436 g/mol. The molecule has 1 aliphatic rings. The van der Waals surface area contributed by atoms with Gasteiger partial charge in [0.1, 0.15) is 0 Å². The first-order chi connectivity index (χ1) is 15.6. The van der Waals surface area contributed by atoms with Crippen LogP contribution < -0.4 is 5.32 Å². The molecule has 2 aromatic carbocycles. The number of benzene rings is 2. The molecule has 0 bridgehead atoms. The standard InChI is InChI=1S/C25H30N4OS2/c1-18(2)21-8-10-22(11-9-21)26-24-27-28-25(32-24)31-17-23(30)29-14-12-20(13-15-29)16-19-6-4-3-5-7-19/h3-11,18,20H,12-17H2,1-2H3,(H,26,27). The van der Waals surface area contributed by atoms with Gasteiger partial charge in [-0.25, -0.2) is 0 Å². The van der Waals surface area contributed by atoms with Crippen LogP contribution in [0.3, 0.4) is 0 Å². The predicted molar refractivity (Wildman–Crippen MR) is 134 cm³/mol. The predicted octanol–water partition coefficient (Wildman–Crippen LogP) is 5.98. The van der Waals surface area contributed by atoms with Gasteiger partial charge in [-0.3, -0.25) is 4.79 Å². The first kappa shape index (κ1) is 22.8. The Morgan fingerprint density at radius 1 is 1.09 bits per heavy atom. The van der Waals surface area contributed by atoms with Gasteiger partial charge < -0.3 is 10.2 Å². The van der Waals surface area contributed by atoms with Gasteiger partial charge >= 0.3 is 0 Å². The minimum Gasteiger partial charge on any atom is -0.342 e. The van der Waals surface area contributed by atoms with Gasteiger partial charge in [-0.15, -0.1) is 10.2 Å². The molecule has 0 radical (unpaired) electrons. The lowest BCUT2D eigenvalue weighted by molar-refractivity contribution is -0.129. The van der Waals surface area contributed by atoms with Gasteiger partial charge in [0.05, 0.1) is 5.75 Å². The molecule has 0 unspecified atom stereocenters. The average Bonchev–Trinajstić information content (AvgIpc) is 3.26. The zero-order chi connectivity index (χ0) is 22.3. The summed E-state index contributed by atoms with van der Waals surface area (Å²) in [5.41, 5.74) is 3.70. The SMILES string of the molecule is CC(C)c1ccc(Nc2nnc(SCC(=O)N3CCC(Cc4ccccc4)CC3)s2)cc1. The first-order valence-electron chi connectivity index (χ1n) is 11.2. The molecule has 3 aromatic rings. The van der Waals surface area contributed by atoms with E-state index in [1.807, 2.05) is 4.90 Å². The third-order valence-corrected chi connectivity index (χ3v) is 7.85. The highest BCUT2D eigenvalue weighted by Crippen LogP contribution is 2.29. The number of aromatic nitrogens is 2. The van der Waals surface area contributed by atoms with Crippen LogP contribution in [0.2, 0.25) is 0 Å². The summed E-state index contributed by atoms with van der Waals surface area (Å²) < 4.78 is 0.818. The fraction of sp³-hybridized carbons (Fsp3) is 0.400. The summed E-state index contributed by atoms with van der Waals surface area (Å²) >= 11 is 2.96. The molecule has 0 saturated carbocycles. The van der Waals surface area contributed by atoms with Crippen molar-refractivity contribution in [3.63, 3.8) is 0 Å². The van der Waals surface area contributed by atoms with Crippen molar-refractivity contribution in [1.29, 1.82) is 0 Å². The highest BCUT2D eigenvalue weighted by atomic mass is 32.2. The van der Waals surface area contributed by atoms with E-state index >= 15 is 0 Å². The second kappa shape index (κ2) is 11.0. The van der Waals surface area contributed by atoms with E-state index in [9.17, 15) is 4.79 Å². The number of nitrogens with one attached hydrogen (secondary N) is 1. The van der Waals surface area contributed by atoms with Crippen molar-refractivity contribution >= 4 is 39.8 Å².